The molecule has 0 saturated heterocycles. The highest BCUT2D eigenvalue weighted by molar-refractivity contribution is 7.25. The van der Waals surface area contributed by atoms with Gasteiger partial charge in [0.2, 0.25) is 0 Å². The molecule has 2 aliphatic rings. The average Bonchev–Trinajstić information content (AvgIpc) is 3.85. The molecular weight excluding hydrogens is 581 g/mol. The first-order chi connectivity index (χ1) is 22.8. The van der Waals surface area contributed by atoms with Crippen molar-refractivity contribution in [3.05, 3.63) is 145 Å². The molecule has 0 radical (unpaired) electrons. The Morgan fingerprint density at radius 1 is 0.609 bits per heavy atom. The van der Waals surface area contributed by atoms with Crippen LogP contribution < -0.4 is 4.90 Å². The maximum Gasteiger partial charge on any atom is 0.137 e. The smallest absolute Gasteiger partial charge is 0.137 e. The third-order valence-corrected chi connectivity index (χ3v) is 11.2. The van der Waals surface area contributed by atoms with Crippen molar-refractivity contribution in [3.8, 4) is 0 Å². The Hall–Kier alpha value is -5.58. The quantitative estimate of drug-likeness (QED) is 0.199. The van der Waals surface area contributed by atoms with Crippen molar-refractivity contribution in [1.29, 1.82) is 0 Å². The molecule has 0 spiro atoms. The molecule has 4 heteroatoms. The lowest BCUT2D eigenvalue weighted by Crippen LogP contribution is -2.10. The van der Waals surface area contributed by atoms with E-state index in [9.17, 15) is 0 Å². The lowest BCUT2D eigenvalue weighted by atomic mass is 9.90. The maximum atomic E-state index is 6.43. The van der Waals surface area contributed by atoms with Crippen LogP contribution in [0.25, 0.3) is 69.6 Å². The minimum absolute atomic E-state index is 0.343. The number of furan rings is 1. The highest BCUT2D eigenvalue weighted by atomic mass is 32.1. The zero-order chi connectivity index (χ0) is 29.9. The van der Waals surface area contributed by atoms with Crippen molar-refractivity contribution < 1.29 is 4.42 Å². The highest BCUT2D eigenvalue weighted by Gasteiger charge is 2.33. The molecule has 3 aromatic heterocycles. The van der Waals surface area contributed by atoms with E-state index >= 15 is 0 Å². The predicted molar refractivity (Wildman–Crippen MR) is 195 cm³/mol. The van der Waals surface area contributed by atoms with Crippen LogP contribution in [0.3, 0.4) is 0 Å². The van der Waals surface area contributed by atoms with Crippen LogP contribution in [0.5, 0.6) is 0 Å². The van der Waals surface area contributed by atoms with Crippen LogP contribution in [0.4, 0.5) is 17.1 Å². The van der Waals surface area contributed by atoms with Crippen LogP contribution >= 0.6 is 11.3 Å². The molecule has 0 amide bonds. The fourth-order valence-electron chi connectivity index (χ4n) is 8.06. The molecule has 46 heavy (non-hydrogen) atoms. The maximum absolute atomic E-state index is 6.43. The first-order valence-corrected chi connectivity index (χ1v) is 16.7. The average molecular weight is 607 g/mol. The van der Waals surface area contributed by atoms with Crippen molar-refractivity contribution in [2.75, 3.05) is 4.90 Å². The summed E-state index contributed by atoms with van der Waals surface area (Å²) >= 11 is 1.86. The fourth-order valence-corrected chi connectivity index (χ4v) is 9.15. The molecule has 0 bridgehead atoms. The molecule has 0 N–H and O–H groups in total. The van der Waals surface area contributed by atoms with Gasteiger partial charge in [-0.1, -0.05) is 66.7 Å². The van der Waals surface area contributed by atoms with Crippen LogP contribution in [-0.4, -0.2) is 4.57 Å². The molecule has 1 aliphatic carbocycles. The highest BCUT2D eigenvalue weighted by Crippen LogP contribution is 2.52. The first-order valence-electron chi connectivity index (χ1n) is 15.9. The molecular formula is C42H26N2OS. The summed E-state index contributed by atoms with van der Waals surface area (Å²) in [5.74, 6) is 0.343. The zero-order valence-corrected chi connectivity index (χ0v) is 25.6. The van der Waals surface area contributed by atoms with Gasteiger partial charge in [-0.2, -0.15) is 0 Å². The van der Waals surface area contributed by atoms with Crippen molar-refractivity contribution in [2.24, 2.45) is 0 Å². The van der Waals surface area contributed by atoms with Gasteiger partial charge < -0.3 is 13.9 Å². The summed E-state index contributed by atoms with van der Waals surface area (Å²) in [6.07, 6.45) is 7.85. The number of para-hydroxylation sites is 2. The fraction of sp³-hybridized carbons (Fsp3) is 0.0476. The molecule has 3 nitrogen and oxygen atoms in total. The van der Waals surface area contributed by atoms with Crippen LogP contribution in [0.15, 0.2) is 144 Å². The number of nitrogens with zero attached hydrogens (tertiary/aromatic N) is 2. The van der Waals surface area contributed by atoms with E-state index in [1.165, 1.54) is 53.2 Å². The van der Waals surface area contributed by atoms with Crippen LogP contribution in [-0.2, 0) is 0 Å². The summed E-state index contributed by atoms with van der Waals surface area (Å²) in [5, 5.41) is 7.47. The van der Waals surface area contributed by atoms with E-state index in [0.717, 1.165) is 45.4 Å². The Kier molecular flexibility index (Phi) is 4.83. The summed E-state index contributed by atoms with van der Waals surface area (Å²) in [6.45, 7) is 0. The van der Waals surface area contributed by atoms with E-state index in [-0.39, 0.29) is 0 Å². The number of benzene rings is 6. The minimum Gasteiger partial charge on any atom is -0.456 e. The Bertz CT molecular complexity index is 2810. The van der Waals surface area contributed by atoms with Crippen LogP contribution in [0.2, 0.25) is 0 Å². The number of hydrogen-bond acceptors (Lipinski definition) is 3. The number of hydrogen-bond donors (Lipinski definition) is 0. The second kappa shape index (κ2) is 9.00. The minimum atomic E-state index is 0.343. The van der Waals surface area contributed by atoms with Gasteiger partial charge in [-0.05, 0) is 78.7 Å². The molecule has 0 fully saturated rings. The number of rotatable bonds is 3. The molecule has 1 atom stereocenters. The SMILES string of the molecule is C1=CCC2C(=C1)n1c3ccccc3c3cc(N(c4ccc5c(c4)oc4ccccc45)c4ccc5sc6ccccc6c5c4)cc2c31. The third kappa shape index (κ3) is 3.26. The lowest BCUT2D eigenvalue weighted by Gasteiger charge is -2.27. The summed E-state index contributed by atoms with van der Waals surface area (Å²) in [6, 6.07) is 44.4. The molecule has 0 saturated carbocycles. The number of thiophene rings is 1. The first kappa shape index (κ1) is 24.7. The summed E-state index contributed by atoms with van der Waals surface area (Å²) in [5.41, 5.74) is 10.6. The number of fused-ring (bicyclic) bond motifs is 12. The van der Waals surface area contributed by atoms with Gasteiger partial charge in [0.1, 0.15) is 11.2 Å². The Morgan fingerprint density at radius 3 is 2.30 bits per heavy atom. The van der Waals surface area contributed by atoms with Gasteiger partial charge in [-0.15, -0.1) is 11.3 Å². The Morgan fingerprint density at radius 2 is 1.35 bits per heavy atom. The van der Waals surface area contributed by atoms with Gasteiger partial charge in [-0.25, -0.2) is 0 Å². The predicted octanol–water partition coefficient (Wildman–Crippen LogP) is 12.4. The van der Waals surface area contributed by atoms with Crippen molar-refractivity contribution >= 4 is 98.0 Å². The molecule has 216 valence electrons. The summed E-state index contributed by atoms with van der Waals surface area (Å²) < 4.78 is 11.6. The van der Waals surface area contributed by atoms with Gasteiger partial charge >= 0.3 is 0 Å². The van der Waals surface area contributed by atoms with Gasteiger partial charge in [0.25, 0.3) is 0 Å². The molecule has 11 rings (SSSR count). The van der Waals surface area contributed by atoms with E-state index in [4.69, 9.17) is 4.42 Å². The molecule has 6 aromatic carbocycles. The normalized spacial score (nSPS) is 15.6. The van der Waals surface area contributed by atoms with Crippen molar-refractivity contribution in [1.82, 2.24) is 4.57 Å². The largest absolute Gasteiger partial charge is 0.456 e. The lowest BCUT2D eigenvalue weighted by molar-refractivity contribution is 0.669. The topological polar surface area (TPSA) is 21.3 Å². The van der Waals surface area contributed by atoms with Crippen molar-refractivity contribution in [3.63, 3.8) is 0 Å². The molecule has 1 aliphatic heterocycles. The Balaban J connectivity index is 1.21. The third-order valence-electron chi connectivity index (χ3n) is 10.0. The van der Waals surface area contributed by atoms with E-state index in [2.05, 4.69) is 143 Å². The van der Waals surface area contributed by atoms with Gasteiger partial charge in [0.15, 0.2) is 0 Å². The van der Waals surface area contributed by atoms with E-state index < -0.39 is 0 Å². The Labute approximate surface area is 268 Å². The number of anilines is 3. The van der Waals surface area contributed by atoms with Gasteiger partial charge in [0.05, 0.1) is 11.0 Å². The summed E-state index contributed by atoms with van der Waals surface area (Å²) in [7, 11) is 0. The van der Waals surface area contributed by atoms with Crippen LogP contribution in [0, 0.1) is 0 Å². The van der Waals surface area contributed by atoms with Crippen molar-refractivity contribution in [2.45, 2.75) is 12.3 Å². The monoisotopic (exact) mass is 606 g/mol. The van der Waals surface area contributed by atoms with E-state index in [1.807, 2.05) is 17.4 Å². The molecule has 9 aromatic rings. The van der Waals surface area contributed by atoms with E-state index in [1.54, 1.807) is 0 Å². The second-order valence-electron chi connectivity index (χ2n) is 12.5. The molecule has 1 unspecified atom stereocenters. The number of allylic oxidation sites excluding steroid dienone is 4. The summed E-state index contributed by atoms with van der Waals surface area (Å²) in [4.78, 5) is 2.43. The van der Waals surface area contributed by atoms with Crippen LogP contribution in [0.1, 0.15) is 17.9 Å². The van der Waals surface area contributed by atoms with Gasteiger partial charge in [0, 0.05) is 76.5 Å². The van der Waals surface area contributed by atoms with Gasteiger partial charge in [-0.3, -0.25) is 0 Å². The number of aromatic nitrogens is 1. The van der Waals surface area contributed by atoms with E-state index in [0.29, 0.717) is 5.92 Å². The zero-order valence-electron chi connectivity index (χ0n) is 24.8. The second-order valence-corrected chi connectivity index (χ2v) is 13.6. The standard InChI is InChI=1S/C42H26N2OS/c1-5-13-36-28(9-1)34-22-27(23-35-29-10-2-6-14-37(29)44(36)42(34)35)43(25-18-20-41-33(21-25)32-12-4-8-16-40(32)46-41)26-17-19-31-30-11-3-7-15-38(30)45-39(31)24-26/h1-9,11-24,29H,10H2. The molecule has 4 heterocycles.